The summed E-state index contributed by atoms with van der Waals surface area (Å²) in [5.74, 6) is -3.19. The van der Waals surface area contributed by atoms with Gasteiger partial charge >= 0.3 is 0 Å². The second kappa shape index (κ2) is 9.64. The van der Waals surface area contributed by atoms with Crippen LogP contribution in [0.2, 0.25) is 5.02 Å². The molecular weight excluding hydrogens is 558 g/mol. The van der Waals surface area contributed by atoms with E-state index in [0.29, 0.717) is 10.7 Å². The van der Waals surface area contributed by atoms with Gasteiger partial charge < -0.3 is 10.2 Å². The maximum absolute atomic E-state index is 15.3. The molecule has 3 aromatic carbocycles. The first kappa shape index (κ1) is 26.6. The monoisotopic (exact) mass is 580 g/mol. The van der Waals surface area contributed by atoms with Crippen molar-refractivity contribution in [2.75, 3.05) is 6.61 Å². The molecule has 3 aromatic rings. The number of hydrogen-bond donors (Lipinski definition) is 2. The first-order valence-electron chi connectivity index (χ1n) is 11.6. The summed E-state index contributed by atoms with van der Waals surface area (Å²) in [6.07, 6.45) is 1.36. The molecule has 0 amide bonds. The number of sulfonamides is 1. The zero-order chi connectivity index (χ0) is 27.3. The molecule has 0 unspecified atom stereocenters. The van der Waals surface area contributed by atoms with E-state index < -0.39 is 47.9 Å². The molecule has 200 valence electrons. The third-order valence-corrected chi connectivity index (χ3v) is 11.0. The lowest BCUT2D eigenvalue weighted by Gasteiger charge is -2.46. The Labute approximate surface area is 224 Å². The number of ether oxygens (including phenoxy) is 1. The summed E-state index contributed by atoms with van der Waals surface area (Å²) in [6, 6.07) is 13.5. The summed E-state index contributed by atoms with van der Waals surface area (Å²) < 4.78 is 87.5. The van der Waals surface area contributed by atoms with Gasteiger partial charge in [-0.25, -0.2) is 25.6 Å². The number of fused-ring (bicyclic) bond motifs is 3. The van der Waals surface area contributed by atoms with E-state index in [9.17, 15) is 21.2 Å². The van der Waals surface area contributed by atoms with E-state index in [1.807, 2.05) is 6.92 Å². The van der Waals surface area contributed by atoms with Crippen LogP contribution in [0.1, 0.15) is 24.0 Å². The van der Waals surface area contributed by atoms with Crippen LogP contribution in [-0.4, -0.2) is 23.4 Å². The Hall–Kier alpha value is -2.99. The van der Waals surface area contributed by atoms with Crippen LogP contribution in [0.5, 0.6) is 5.75 Å². The fourth-order valence-electron chi connectivity index (χ4n) is 5.01. The molecule has 0 saturated carbocycles. The van der Waals surface area contributed by atoms with Crippen LogP contribution in [-0.2, 0) is 24.6 Å². The highest BCUT2D eigenvalue weighted by Gasteiger charge is 2.58. The van der Waals surface area contributed by atoms with Crippen molar-refractivity contribution in [3.8, 4) is 5.75 Å². The summed E-state index contributed by atoms with van der Waals surface area (Å²) >= 11 is 5.95. The van der Waals surface area contributed by atoms with E-state index >= 15 is 4.39 Å². The van der Waals surface area contributed by atoms with E-state index in [0.717, 1.165) is 17.7 Å². The van der Waals surface area contributed by atoms with Crippen molar-refractivity contribution in [1.82, 2.24) is 10.3 Å². The van der Waals surface area contributed by atoms with Crippen LogP contribution in [0.15, 0.2) is 82.2 Å². The van der Waals surface area contributed by atoms with Gasteiger partial charge in [0.15, 0.2) is 21.4 Å². The third-order valence-electron chi connectivity index (χ3n) is 6.94. The van der Waals surface area contributed by atoms with Gasteiger partial charge in [0.2, 0.25) is 0 Å². The van der Waals surface area contributed by atoms with Crippen LogP contribution >= 0.6 is 11.6 Å². The first-order valence-corrected chi connectivity index (χ1v) is 15.0. The number of hydrazine groups is 1. The van der Waals surface area contributed by atoms with Crippen molar-refractivity contribution in [3.05, 3.63) is 100 Å². The predicted molar refractivity (Wildman–Crippen MR) is 138 cm³/mol. The minimum atomic E-state index is -4.32. The van der Waals surface area contributed by atoms with Gasteiger partial charge in [-0.3, -0.25) is 0 Å². The maximum Gasteiger partial charge on any atom is 0.257 e. The van der Waals surface area contributed by atoms with Crippen LogP contribution in [0, 0.1) is 24.5 Å². The highest BCUT2D eigenvalue weighted by molar-refractivity contribution is 7.92. The number of aryl methyl sites for hydroxylation is 1. The predicted octanol–water partition coefficient (Wildman–Crippen LogP) is 4.77. The summed E-state index contributed by atoms with van der Waals surface area (Å²) in [4.78, 5) is 2.24. The lowest BCUT2D eigenvalue weighted by atomic mass is 9.75. The molecular formula is C26H23ClF2N2O5S2. The smallest absolute Gasteiger partial charge is 0.257 e. The summed E-state index contributed by atoms with van der Waals surface area (Å²) in [7, 11) is -8.25. The second-order valence-corrected chi connectivity index (χ2v) is 13.6. The molecule has 5 rings (SSSR count). The van der Waals surface area contributed by atoms with Crippen LogP contribution in [0.4, 0.5) is 8.78 Å². The molecule has 0 radical (unpaired) electrons. The number of rotatable bonds is 6. The lowest BCUT2D eigenvalue weighted by Crippen LogP contribution is -2.51. The quantitative estimate of drug-likeness (QED) is 0.408. The molecule has 1 aliphatic carbocycles. The fraction of sp³-hybridized carbons (Fsp3) is 0.231. The Bertz CT molecular complexity index is 1640. The van der Waals surface area contributed by atoms with E-state index in [2.05, 4.69) is 10.3 Å². The maximum atomic E-state index is 15.3. The van der Waals surface area contributed by atoms with Gasteiger partial charge in [0.25, 0.3) is 10.0 Å². The van der Waals surface area contributed by atoms with Crippen LogP contribution in [0.3, 0.4) is 0 Å². The molecule has 0 bridgehead atoms. The standard InChI is InChI=1S/C26H23ClF2N2O5S2/c1-16-2-6-21(7-3-16)38(34,35)31-30-19-12-13-26(37(32,33)20-8-4-18(27)5-9-20)17(14-19)15-36-25-23(29)11-10-22(28)24(25)26/h2-11,14,17,30-31H,12-13,15H2,1H3/t17-,26+/m1/s1. The highest BCUT2D eigenvalue weighted by atomic mass is 35.5. The van der Waals surface area contributed by atoms with Crippen molar-refractivity contribution in [2.45, 2.75) is 34.3 Å². The number of hydrogen-bond acceptors (Lipinski definition) is 6. The molecule has 1 heterocycles. The zero-order valence-electron chi connectivity index (χ0n) is 20.0. The zero-order valence-corrected chi connectivity index (χ0v) is 22.4. The molecule has 1 aliphatic heterocycles. The molecule has 38 heavy (non-hydrogen) atoms. The number of sulfone groups is 1. The molecule has 2 atom stereocenters. The second-order valence-electron chi connectivity index (χ2n) is 9.23. The van der Waals surface area contributed by atoms with Crippen molar-refractivity contribution in [1.29, 1.82) is 0 Å². The minimum absolute atomic E-state index is 0.0229. The van der Waals surface area contributed by atoms with Crippen molar-refractivity contribution in [2.24, 2.45) is 5.92 Å². The molecule has 7 nitrogen and oxygen atoms in total. The van der Waals surface area contributed by atoms with Crippen molar-refractivity contribution >= 4 is 31.5 Å². The van der Waals surface area contributed by atoms with Gasteiger partial charge in [-0.2, -0.15) is 0 Å². The first-order chi connectivity index (χ1) is 18.0. The molecule has 12 heteroatoms. The Kier molecular flexibility index (Phi) is 6.75. The number of halogens is 3. The lowest BCUT2D eigenvalue weighted by molar-refractivity contribution is 0.175. The molecule has 2 aliphatic rings. The van der Waals surface area contributed by atoms with Crippen molar-refractivity contribution < 1.29 is 30.4 Å². The summed E-state index contributed by atoms with van der Waals surface area (Å²) in [6.45, 7) is 1.56. The summed E-state index contributed by atoms with van der Waals surface area (Å²) in [5.41, 5.74) is 3.55. The largest absolute Gasteiger partial charge is 0.489 e. The van der Waals surface area contributed by atoms with E-state index in [-0.39, 0.29) is 34.8 Å². The third kappa shape index (κ3) is 4.37. The fourth-order valence-corrected chi connectivity index (χ4v) is 8.29. The Morgan fingerprint density at radius 3 is 2.24 bits per heavy atom. The molecule has 0 spiro atoms. The topological polar surface area (TPSA) is 102 Å². The van der Waals surface area contributed by atoms with E-state index in [4.69, 9.17) is 16.3 Å². The van der Waals surface area contributed by atoms with Crippen LogP contribution in [0.25, 0.3) is 0 Å². The van der Waals surface area contributed by atoms with E-state index in [1.54, 1.807) is 12.1 Å². The van der Waals surface area contributed by atoms with Gasteiger partial charge in [-0.15, -0.1) is 4.83 Å². The Balaban J connectivity index is 1.56. The molecule has 0 aromatic heterocycles. The minimum Gasteiger partial charge on any atom is -0.489 e. The van der Waals surface area contributed by atoms with Crippen LogP contribution < -0.4 is 15.0 Å². The normalized spacial score (nSPS) is 21.1. The van der Waals surface area contributed by atoms with Gasteiger partial charge in [-0.05, 0) is 68.3 Å². The number of allylic oxidation sites excluding steroid dienone is 1. The SMILES string of the molecule is Cc1ccc(S(=O)(=O)NNC2=C[C@@H]3COc4c(F)ccc(F)c4[C@]3(S(=O)(=O)c3ccc(Cl)cc3)CC2)cc1. The Morgan fingerprint density at radius 1 is 0.921 bits per heavy atom. The van der Waals surface area contributed by atoms with E-state index in [1.165, 1.54) is 42.5 Å². The van der Waals surface area contributed by atoms with Gasteiger partial charge in [0.1, 0.15) is 10.6 Å². The number of benzene rings is 3. The molecule has 0 fully saturated rings. The van der Waals surface area contributed by atoms with Gasteiger partial charge in [0.05, 0.1) is 22.0 Å². The Morgan fingerprint density at radius 2 is 1.55 bits per heavy atom. The molecule has 2 N–H and O–H groups in total. The average molecular weight is 581 g/mol. The highest BCUT2D eigenvalue weighted by Crippen LogP contribution is 2.55. The van der Waals surface area contributed by atoms with Gasteiger partial charge in [0, 0.05) is 16.6 Å². The number of nitrogens with one attached hydrogen (secondary N) is 2. The average Bonchev–Trinajstić information content (AvgIpc) is 2.89. The van der Waals surface area contributed by atoms with Crippen molar-refractivity contribution in [3.63, 3.8) is 0 Å². The summed E-state index contributed by atoms with van der Waals surface area (Å²) in [5, 5.41) is 0.318. The molecule has 0 saturated heterocycles. The van der Waals surface area contributed by atoms with Gasteiger partial charge in [-0.1, -0.05) is 35.4 Å².